The summed E-state index contributed by atoms with van der Waals surface area (Å²) in [6.07, 6.45) is 1.57. The molecule has 0 aliphatic rings. The molecule has 0 aromatic heterocycles. The molecule has 1 rings (SSSR count). The maximum Gasteiger partial charge on any atom is 0.121 e. The summed E-state index contributed by atoms with van der Waals surface area (Å²) in [5, 5.41) is 9.71. The van der Waals surface area contributed by atoms with E-state index < -0.39 is 6.10 Å². The van der Waals surface area contributed by atoms with Crippen LogP contribution in [-0.4, -0.2) is 31.0 Å². The summed E-state index contributed by atoms with van der Waals surface area (Å²) in [6.45, 7) is 5.59. The highest BCUT2D eigenvalue weighted by atomic mass is 16.5. The smallest absolute Gasteiger partial charge is 0.121 e. The molecular weight excluding hydrogens is 242 g/mol. The van der Waals surface area contributed by atoms with Crippen LogP contribution in [0.4, 0.5) is 5.69 Å². The van der Waals surface area contributed by atoms with Crippen molar-refractivity contribution in [3.8, 4) is 5.75 Å². The second-order valence-electron chi connectivity index (χ2n) is 5.15. The van der Waals surface area contributed by atoms with Crippen molar-refractivity contribution < 1.29 is 14.6 Å². The first kappa shape index (κ1) is 15.8. The third kappa shape index (κ3) is 7.70. The van der Waals surface area contributed by atoms with Crippen molar-refractivity contribution >= 4 is 5.69 Å². The molecule has 0 amide bonds. The first-order chi connectivity index (χ1) is 9.08. The Morgan fingerprint density at radius 3 is 2.74 bits per heavy atom. The molecule has 108 valence electrons. The first-order valence-electron chi connectivity index (χ1n) is 6.82. The number of hydrogen-bond acceptors (Lipinski definition) is 4. The van der Waals surface area contributed by atoms with Crippen LogP contribution < -0.4 is 10.5 Å². The molecule has 0 heterocycles. The van der Waals surface area contributed by atoms with Gasteiger partial charge in [-0.2, -0.15) is 0 Å². The lowest BCUT2D eigenvalue weighted by Gasteiger charge is -2.13. The van der Waals surface area contributed by atoms with Gasteiger partial charge in [-0.1, -0.05) is 19.9 Å². The van der Waals surface area contributed by atoms with Crippen LogP contribution >= 0.6 is 0 Å². The molecule has 4 nitrogen and oxygen atoms in total. The highest BCUT2D eigenvalue weighted by Crippen LogP contribution is 2.14. The molecule has 1 unspecified atom stereocenters. The average molecular weight is 267 g/mol. The topological polar surface area (TPSA) is 64.7 Å². The molecule has 19 heavy (non-hydrogen) atoms. The zero-order valence-electron chi connectivity index (χ0n) is 11.8. The lowest BCUT2D eigenvalue weighted by Crippen LogP contribution is -2.23. The zero-order valence-corrected chi connectivity index (χ0v) is 11.8. The van der Waals surface area contributed by atoms with Gasteiger partial charge >= 0.3 is 0 Å². The van der Waals surface area contributed by atoms with Gasteiger partial charge in [0, 0.05) is 18.4 Å². The second-order valence-corrected chi connectivity index (χ2v) is 5.15. The van der Waals surface area contributed by atoms with E-state index in [9.17, 15) is 5.11 Å². The van der Waals surface area contributed by atoms with Crippen molar-refractivity contribution in [1.82, 2.24) is 0 Å². The largest absolute Gasteiger partial charge is 0.491 e. The van der Waals surface area contributed by atoms with Gasteiger partial charge in [-0.25, -0.2) is 0 Å². The normalized spacial score (nSPS) is 12.6. The van der Waals surface area contributed by atoms with E-state index in [1.165, 1.54) is 0 Å². The third-order valence-corrected chi connectivity index (χ3v) is 2.68. The molecule has 4 heteroatoms. The molecule has 1 atom stereocenters. The van der Waals surface area contributed by atoms with Crippen LogP contribution in [0.5, 0.6) is 5.75 Å². The Labute approximate surface area is 115 Å². The average Bonchev–Trinajstić information content (AvgIpc) is 2.35. The van der Waals surface area contributed by atoms with Gasteiger partial charge < -0.3 is 20.3 Å². The SMILES string of the molecule is CC(C)CCCOCC(O)COc1cccc(N)c1. The Balaban J connectivity index is 2.09. The van der Waals surface area contributed by atoms with Crippen LogP contribution in [-0.2, 0) is 4.74 Å². The van der Waals surface area contributed by atoms with Crippen LogP contribution in [0.25, 0.3) is 0 Å². The molecule has 0 saturated carbocycles. The van der Waals surface area contributed by atoms with Crippen molar-refractivity contribution in [2.75, 3.05) is 25.6 Å². The number of benzene rings is 1. The molecule has 0 saturated heterocycles. The number of anilines is 1. The number of nitrogen functional groups attached to an aromatic ring is 1. The Morgan fingerprint density at radius 2 is 2.05 bits per heavy atom. The quantitative estimate of drug-likeness (QED) is 0.533. The fourth-order valence-electron chi connectivity index (χ4n) is 1.66. The summed E-state index contributed by atoms with van der Waals surface area (Å²) in [7, 11) is 0. The minimum absolute atomic E-state index is 0.216. The van der Waals surface area contributed by atoms with Crippen molar-refractivity contribution in [3.05, 3.63) is 24.3 Å². The van der Waals surface area contributed by atoms with Crippen molar-refractivity contribution in [2.24, 2.45) is 5.92 Å². The van der Waals surface area contributed by atoms with Gasteiger partial charge in [0.15, 0.2) is 0 Å². The molecule has 1 aromatic rings. The summed E-state index contributed by atoms with van der Waals surface area (Å²) in [5.41, 5.74) is 6.29. The molecule has 0 aliphatic carbocycles. The van der Waals surface area contributed by atoms with Crippen LogP contribution in [0.15, 0.2) is 24.3 Å². The maximum atomic E-state index is 9.71. The number of nitrogens with two attached hydrogens (primary N) is 1. The molecule has 0 fully saturated rings. The number of hydrogen-bond donors (Lipinski definition) is 2. The van der Waals surface area contributed by atoms with Crippen LogP contribution in [0.1, 0.15) is 26.7 Å². The third-order valence-electron chi connectivity index (χ3n) is 2.68. The monoisotopic (exact) mass is 267 g/mol. The van der Waals surface area contributed by atoms with Crippen molar-refractivity contribution in [3.63, 3.8) is 0 Å². The lowest BCUT2D eigenvalue weighted by molar-refractivity contribution is 0.0105. The Morgan fingerprint density at radius 1 is 1.26 bits per heavy atom. The Bertz CT molecular complexity index is 355. The van der Waals surface area contributed by atoms with Gasteiger partial charge in [0.25, 0.3) is 0 Å². The van der Waals surface area contributed by atoms with E-state index in [0.29, 0.717) is 30.6 Å². The zero-order chi connectivity index (χ0) is 14.1. The molecule has 0 radical (unpaired) electrons. The molecule has 3 N–H and O–H groups in total. The van der Waals surface area contributed by atoms with Crippen molar-refractivity contribution in [1.29, 1.82) is 0 Å². The van der Waals surface area contributed by atoms with Crippen LogP contribution in [0.3, 0.4) is 0 Å². The van der Waals surface area contributed by atoms with Gasteiger partial charge in [-0.15, -0.1) is 0 Å². The molecule has 0 spiro atoms. The summed E-state index contributed by atoms with van der Waals surface area (Å²) in [6, 6.07) is 7.16. The van der Waals surface area contributed by atoms with Crippen LogP contribution in [0, 0.1) is 5.92 Å². The van der Waals surface area contributed by atoms with Gasteiger partial charge in [-0.3, -0.25) is 0 Å². The summed E-state index contributed by atoms with van der Waals surface area (Å²) < 4.78 is 10.8. The van der Waals surface area contributed by atoms with E-state index in [4.69, 9.17) is 15.2 Å². The van der Waals surface area contributed by atoms with Gasteiger partial charge in [0.1, 0.15) is 18.5 Å². The second kappa shape index (κ2) is 8.77. The number of rotatable bonds is 9. The summed E-state index contributed by atoms with van der Waals surface area (Å²) >= 11 is 0. The Kier molecular flexibility index (Phi) is 7.30. The van der Waals surface area contributed by atoms with E-state index in [0.717, 1.165) is 12.8 Å². The van der Waals surface area contributed by atoms with E-state index in [2.05, 4.69) is 13.8 Å². The first-order valence-corrected chi connectivity index (χ1v) is 6.82. The van der Waals surface area contributed by atoms with Crippen molar-refractivity contribution in [2.45, 2.75) is 32.8 Å². The van der Waals surface area contributed by atoms with Gasteiger partial charge in [-0.05, 0) is 30.9 Å². The number of aliphatic hydroxyl groups is 1. The predicted molar refractivity (Wildman–Crippen MR) is 77.2 cm³/mol. The predicted octanol–water partition coefficient (Wildman–Crippen LogP) is 2.46. The highest BCUT2D eigenvalue weighted by Gasteiger charge is 2.06. The number of aliphatic hydroxyl groups excluding tert-OH is 1. The van der Waals surface area contributed by atoms with E-state index in [-0.39, 0.29) is 6.61 Å². The molecule has 0 bridgehead atoms. The fraction of sp³-hybridized carbons (Fsp3) is 0.600. The minimum Gasteiger partial charge on any atom is -0.491 e. The molecule has 1 aromatic carbocycles. The Hall–Kier alpha value is -1.26. The summed E-state index contributed by atoms with van der Waals surface area (Å²) in [4.78, 5) is 0. The standard InChI is InChI=1S/C15H25NO3/c1-12(2)5-4-8-18-10-14(17)11-19-15-7-3-6-13(16)9-15/h3,6-7,9,12,14,17H,4-5,8,10-11,16H2,1-2H3. The lowest BCUT2D eigenvalue weighted by atomic mass is 10.1. The minimum atomic E-state index is -0.611. The van der Waals surface area contributed by atoms with Crippen LogP contribution in [0.2, 0.25) is 0 Å². The highest BCUT2D eigenvalue weighted by molar-refractivity contribution is 5.43. The van der Waals surface area contributed by atoms with E-state index >= 15 is 0 Å². The fourth-order valence-corrected chi connectivity index (χ4v) is 1.66. The number of ether oxygens (including phenoxy) is 2. The molecule has 0 aliphatic heterocycles. The van der Waals surface area contributed by atoms with E-state index in [1.54, 1.807) is 12.1 Å². The van der Waals surface area contributed by atoms with Gasteiger partial charge in [0.05, 0.1) is 6.61 Å². The maximum absolute atomic E-state index is 9.71. The summed E-state index contributed by atoms with van der Waals surface area (Å²) in [5.74, 6) is 1.36. The van der Waals surface area contributed by atoms with E-state index in [1.807, 2.05) is 12.1 Å². The van der Waals surface area contributed by atoms with Gasteiger partial charge in [0.2, 0.25) is 0 Å². The molecular formula is C15H25NO3.